The monoisotopic (exact) mass is 180 g/mol. The highest BCUT2D eigenvalue weighted by molar-refractivity contribution is 8.01. The fraction of sp³-hybridized carbons (Fsp3) is 0.200. The van der Waals surface area contributed by atoms with Gasteiger partial charge >= 0.3 is 0 Å². The van der Waals surface area contributed by atoms with E-state index in [0.717, 1.165) is 5.75 Å². The molecule has 1 N–H and O–H groups in total. The fourth-order valence-electron chi connectivity index (χ4n) is 0.830. The van der Waals surface area contributed by atoms with Crippen molar-refractivity contribution >= 4 is 11.8 Å². The van der Waals surface area contributed by atoms with E-state index in [2.05, 4.69) is 12.1 Å². The average Bonchev–Trinajstić information content (AvgIpc) is 2.14. The topological polar surface area (TPSA) is 20.2 Å². The molecule has 0 spiro atoms. The number of benzene rings is 1. The standard InChI is InChI=1S/C10H12OS/c11-7-4-8-12-9-10-5-2-1-3-6-10/h1-6,8,11H,7,9H2/b8-4+. The predicted octanol–water partition coefficient (Wildman–Crippen LogP) is 2.43. The van der Waals surface area contributed by atoms with Crippen LogP contribution >= 0.6 is 11.8 Å². The number of aliphatic hydroxyl groups is 1. The van der Waals surface area contributed by atoms with Crippen LogP contribution in [0.4, 0.5) is 0 Å². The van der Waals surface area contributed by atoms with E-state index >= 15 is 0 Å². The molecule has 64 valence electrons. The minimum atomic E-state index is 0.127. The van der Waals surface area contributed by atoms with Crippen molar-refractivity contribution in [1.29, 1.82) is 0 Å². The van der Waals surface area contributed by atoms with Gasteiger partial charge in [0.2, 0.25) is 0 Å². The molecular weight excluding hydrogens is 168 g/mol. The lowest BCUT2D eigenvalue weighted by Gasteiger charge is -1.95. The second-order valence-electron chi connectivity index (χ2n) is 2.35. The highest BCUT2D eigenvalue weighted by Crippen LogP contribution is 2.11. The van der Waals surface area contributed by atoms with E-state index in [0.29, 0.717) is 0 Å². The van der Waals surface area contributed by atoms with Crippen LogP contribution in [0.25, 0.3) is 0 Å². The van der Waals surface area contributed by atoms with E-state index in [9.17, 15) is 0 Å². The van der Waals surface area contributed by atoms with Gasteiger partial charge in [-0.3, -0.25) is 0 Å². The van der Waals surface area contributed by atoms with Gasteiger partial charge in [0.1, 0.15) is 0 Å². The molecule has 0 aliphatic carbocycles. The number of rotatable bonds is 4. The van der Waals surface area contributed by atoms with Crippen molar-refractivity contribution < 1.29 is 5.11 Å². The Morgan fingerprint density at radius 3 is 2.67 bits per heavy atom. The normalized spacial score (nSPS) is 10.8. The Labute approximate surface area is 77.1 Å². The van der Waals surface area contributed by atoms with Crippen LogP contribution < -0.4 is 0 Å². The summed E-state index contributed by atoms with van der Waals surface area (Å²) in [6.45, 7) is 0.127. The third-order valence-corrected chi connectivity index (χ3v) is 2.28. The van der Waals surface area contributed by atoms with Crippen molar-refractivity contribution in [3.63, 3.8) is 0 Å². The lowest BCUT2D eigenvalue weighted by Crippen LogP contribution is -1.76. The maximum Gasteiger partial charge on any atom is 0.0620 e. The molecule has 0 aliphatic heterocycles. The predicted molar refractivity (Wildman–Crippen MR) is 54.0 cm³/mol. The Kier molecular flexibility index (Phi) is 4.57. The van der Waals surface area contributed by atoms with Gasteiger partial charge in [-0.15, -0.1) is 11.8 Å². The SMILES string of the molecule is OC/C=C/SCc1ccccc1. The van der Waals surface area contributed by atoms with Gasteiger partial charge in [0.05, 0.1) is 6.61 Å². The third kappa shape index (κ3) is 3.60. The van der Waals surface area contributed by atoms with E-state index in [1.165, 1.54) is 5.56 Å². The minimum Gasteiger partial charge on any atom is -0.392 e. The molecule has 0 aliphatic rings. The first kappa shape index (κ1) is 9.36. The van der Waals surface area contributed by atoms with Crippen LogP contribution in [0.15, 0.2) is 41.8 Å². The van der Waals surface area contributed by atoms with E-state index in [1.807, 2.05) is 23.6 Å². The smallest absolute Gasteiger partial charge is 0.0620 e. The lowest BCUT2D eigenvalue weighted by atomic mass is 10.2. The maximum absolute atomic E-state index is 8.46. The molecule has 0 unspecified atom stereocenters. The third-order valence-electron chi connectivity index (χ3n) is 1.39. The van der Waals surface area contributed by atoms with Crippen molar-refractivity contribution in [2.75, 3.05) is 6.61 Å². The van der Waals surface area contributed by atoms with E-state index in [1.54, 1.807) is 17.8 Å². The molecule has 12 heavy (non-hydrogen) atoms. The molecule has 0 saturated carbocycles. The van der Waals surface area contributed by atoms with Gasteiger partial charge in [0.15, 0.2) is 0 Å². The van der Waals surface area contributed by atoms with Gasteiger partial charge in [-0.05, 0) is 11.0 Å². The Morgan fingerprint density at radius 2 is 2.00 bits per heavy atom. The van der Waals surface area contributed by atoms with E-state index in [4.69, 9.17) is 5.11 Å². The van der Waals surface area contributed by atoms with Crippen molar-refractivity contribution in [2.24, 2.45) is 0 Å². The summed E-state index contributed by atoms with van der Waals surface area (Å²) in [6, 6.07) is 10.3. The van der Waals surface area contributed by atoms with Gasteiger partial charge in [-0.2, -0.15) is 0 Å². The van der Waals surface area contributed by atoms with E-state index in [-0.39, 0.29) is 6.61 Å². The Bertz CT molecular complexity index is 231. The summed E-state index contributed by atoms with van der Waals surface area (Å²) in [5.41, 5.74) is 1.31. The van der Waals surface area contributed by atoms with Gasteiger partial charge in [0, 0.05) is 5.75 Å². The lowest BCUT2D eigenvalue weighted by molar-refractivity contribution is 0.343. The Morgan fingerprint density at radius 1 is 1.25 bits per heavy atom. The quantitative estimate of drug-likeness (QED) is 0.768. The highest BCUT2D eigenvalue weighted by Gasteiger charge is 1.87. The summed E-state index contributed by atoms with van der Waals surface area (Å²) in [4.78, 5) is 0. The minimum absolute atomic E-state index is 0.127. The van der Waals surface area contributed by atoms with Gasteiger partial charge < -0.3 is 5.11 Å². The second-order valence-corrected chi connectivity index (χ2v) is 3.25. The molecule has 0 heterocycles. The van der Waals surface area contributed by atoms with Crippen LogP contribution in [0, 0.1) is 0 Å². The van der Waals surface area contributed by atoms with Crippen molar-refractivity contribution in [2.45, 2.75) is 5.75 Å². The number of hydrogen-bond acceptors (Lipinski definition) is 2. The zero-order chi connectivity index (χ0) is 8.65. The zero-order valence-electron chi connectivity index (χ0n) is 6.81. The Balaban J connectivity index is 2.29. The van der Waals surface area contributed by atoms with Crippen LogP contribution in [-0.2, 0) is 5.75 Å². The molecule has 0 atom stereocenters. The summed E-state index contributed by atoms with van der Waals surface area (Å²) < 4.78 is 0. The number of thioether (sulfide) groups is 1. The Hall–Kier alpha value is -0.730. The van der Waals surface area contributed by atoms with Crippen molar-refractivity contribution in [3.8, 4) is 0 Å². The molecule has 0 amide bonds. The van der Waals surface area contributed by atoms with Crippen LogP contribution in [0.5, 0.6) is 0 Å². The molecule has 1 aromatic carbocycles. The molecule has 1 aromatic rings. The summed E-state index contributed by atoms with van der Waals surface area (Å²) in [6.07, 6.45) is 1.74. The molecule has 0 aromatic heterocycles. The summed E-state index contributed by atoms with van der Waals surface area (Å²) in [7, 11) is 0. The summed E-state index contributed by atoms with van der Waals surface area (Å²) >= 11 is 1.69. The van der Waals surface area contributed by atoms with Crippen LogP contribution in [0.2, 0.25) is 0 Å². The maximum atomic E-state index is 8.46. The molecule has 2 heteroatoms. The van der Waals surface area contributed by atoms with E-state index < -0.39 is 0 Å². The molecule has 1 rings (SSSR count). The number of hydrogen-bond donors (Lipinski definition) is 1. The van der Waals surface area contributed by atoms with Crippen LogP contribution in [0.3, 0.4) is 0 Å². The first-order valence-electron chi connectivity index (χ1n) is 3.85. The molecular formula is C10H12OS. The summed E-state index contributed by atoms with van der Waals surface area (Å²) in [5.74, 6) is 0.970. The van der Waals surface area contributed by atoms with Crippen LogP contribution in [0.1, 0.15) is 5.56 Å². The second kappa shape index (κ2) is 5.86. The number of aliphatic hydroxyl groups excluding tert-OH is 1. The molecule has 0 radical (unpaired) electrons. The van der Waals surface area contributed by atoms with Gasteiger partial charge in [0.25, 0.3) is 0 Å². The van der Waals surface area contributed by atoms with Crippen LogP contribution in [-0.4, -0.2) is 11.7 Å². The zero-order valence-corrected chi connectivity index (χ0v) is 7.63. The van der Waals surface area contributed by atoms with Gasteiger partial charge in [-0.25, -0.2) is 0 Å². The average molecular weight is 180 g/mol. The first-order chi connectivity index (χ1) is 5.93. The molecule has 1 nitrogen and oxygen atoms in total. The fourth-order valence-corrected chi connectivity index (χ4v) is 1.53. The molecule has 0 fully saturated rings. The largest absolute Gasteiger partial charge is 0.392 e. The van der Waals surface area contributed by atoms with Crippen molar-refractivity contribution in [3.05, 3.63) is 47.4 Å². The first-order valence-corrected chi connectivity index (χ1v) is 4.90. The summed E-state index contributed by atoms with van der Waals surface area (Å²) in [5, 5.41) is 10.4. The van der Waals surface area contributed by atoms with Gasteiger partial charge in [-0.1, -0.05) is 36.4 Å². The molecule has 0 bridgehead atoms. The van der Waals surface area contributed by atoms with Crippen molar-refractivity contribution in [1.82, 2.24) is 0 Å². The highest BCUT2D eigenvalue weighted by atomic mass is 32.2. The molecule has 0 saturated heterocycles.